The van der Waals surface area contributed by atoms with Crippen molar-refractivity contribution in [3.63, 3.8) is 0 Å². The zero-order valence-corrected chi connectivity index (χ0v) is 24.5. The summed E-state index contributed by atoms with van der Waals surface area (Å²) in [5, 5.41) is 0. The molecule has 0 bridgehead atoms. The van der Waals surface area contributed by atoms with Gasteiger partial charge < -0.3 is 4.74 Å². The van der Waals surface area contributed by atoms with E-state index in [0.29, 0.717) is 11.8 Å². The first-order chi connectivity index (χ1) is 18.3. The van der Waals surface area contributed by atoms with Crippen molar-refractivity contribution in [2.75, 3.05) is 13.2 Å². The van der Waals surface area contributed by atoms with E-state index >= 15 is 0 Å². The predicted molar refractivity (Wildman–Crippen MR) is 164 cm³/mol. The third-order valence-electron chi connectivity index (χ3n) is 7.99. The fourth-order valence-corrected chi connectivity index (χ4v) is 5.54. The summed E-state index contributed by atoms with van der Waals surface area (Å²) in [4.78, 5) is 0. The van der Waals surface area contributed by atoms with Gasteiger partial charge in [-0.2, -0.15) is 0 Å². The molecule has 0 fully saturated rings. The summed E-state index contributed by atoms with van der Waals surface area (Å²) in [7, 11) is 0. The SMILES string of the molecule is CCCCCCCCCCC(COCC(CCCCCCCCCC)c1ccccc1)c1ccccc1. The molecule has 0 radical (unpaired) electrons. The van der Waals surface area contributed by atoms with Crippen LogP contribution in [0.3, 0.4) is 0 Å². The molecule has 0 N–H and O–H groups in total. The molecular weight excluding hydrogens is 448 g/mol. The van der Waals surface area contributed by atoms with Crippen LogP contribution >= 0.6 is 0 Å². The molecular formula is C36H58O. The van der Waals surface area contributed by atoms with Crippen molar-refractivity contribution in [2.24, 2.45) is 0 Å². The van der Waals surface area contributed by atoms with Crippen molar-refractivity contribution in [3.8, 4) is 0 Å². The molecule has 0 aromatic heterocycles. The lowest BCUT2D eigenvalue weighted by atomic mass is 9.92. The molecule has 2 unspecified atom stereocenters. The minimum atomic E-state index is 0.515. The van der Waals surface area contributed by atoms with Crippen LogP contribution < -0.4 is 0 Å². The first-order valence-electron chi connectivity index (χ1n) is 16.0. The quantitative estimate of drug-likeness (QED) is 0.129. The number of unbranched alkanes of at least 4 members (excludes halogenated alkanes) is 14. The van der Waals surface area contributed by atoms with Crippen LogP contribution in [0.4, 0.5) is 0 Å². The first kappa shape index (κ1) is 31.6. The Morgan fingerprint density at radius 2 is 0.757 bits per heavy atom. The fraction of sp³-hybridized carbons (Fsp3) is 0.667. The molecule has 0 aliphatic heterocycles. The van der Waals surface area contributed by atoms with Crippen molar-refractivity contribution >= 4 is 0 Å². The van der Waals surface area contributed by atoms with Gasteiger partial charge in [-0.1, -0.05) is 177 Å². The van der Waals surface area contributed by atoms with Crippen LogP contribution in [-0.2, 0) is 4.74 Å². The lowest BCUT2D eigenvalue weighted by Gasteiger charge is -2.22. The highest BCUT2D eigenvalue weighted by atomic mass is 16.5. The molecule has 2 aromatic rings. The molecule has 1 nitrogen and oxygen atoms in total. The van der Waals surface area contributed by atoms with E-state index in [1.807, 2.05) is 0 Å². The minimum Gasteiger partial charge on any atom is -0.380 e. The van der Waals surface area contributed by atoms with Gasteiger partial charge in [0.05, 0.1) is 13.2 Å². The zero-order chi connectivity index (χ0) is 26.2. The second-order valence-electron chi connectivity index (χ2n) is 11.3. The Labute approximate surface area is 230 Å². The lowest BCUT2D eigenvalue weighted by molar-refractivity contribution is 0.101. The van der Waals surface area contributed by atoms with Gasteiger partial charge in [0.15, 0.2) is 0 Å². The standard InChI is InChI=1S/C36H58O/c1-3-5-7-9-11-13-15-19-29-35(33-25-21-17-22-26-33)31-37-32-36(34-27-23-18-24-28-34)30-20-16-14-12-10-8-6-4-2/h17-18,21-28,35-36H,3-16,19-20,29-32H2,1-2H3. The number of benzene rings is 2. The summed E-state index contributed by atoms with van der Waals surface area (Å²) in [5.74, 6) is 1.03. The lowest BCUT2D eigenvalue weighted by Crippen LogP contribution is -2.14. The van der Waals surface area contributed by atoms with Crippen LogP contribution in [0.1, 0.15) is 152 Å². The topological polar surface area (TPSA) is 9.23 Å². The largest absolute Gasteiger partial charge is 0.380 e. The van der Waals surface area contributed by atoms with E-state index in [4.69, 9.17) is 4.74 Å². The maximum Gasteiger partial charge on any atom is 0.0535 e. The Morgan fingerprint density at radius 1 is 0.432 bits per heavy atom. The molecule has 0 spiro atoms. The summed E-state index contributed by atoms with van der Waals surface area (Å²) >= 11 is 0. The van der Waals surface area contributed by atoms with Gasteiger partial charge in [-0.15, -0.1) is 0 Å². The predicted octanol–water partition coefficient (Wildman–Crippen LogP) is 11.6. The van der Waals surface area contributed by atoms with Crippen molar-refractivity contribution in [3.05, 3.63) is 71.8 Å². The van der Waals surface area contributed by atoms with E-state index in [2.05, 4.69) is 74.5 Å². The van der Waals surface area contributed by atoms with Crippen LogP contribution in [0.15, 0.2) is 60.7 Å². The molecule has 0 heterocycles. The molecule has 0 aliphatic carbocycles. The average molecular weight is 507 g/mol. The van der Waals surface area contributed by atoms with Crippen LogP contribution in [0.25, 0.3) is 0 Å². The third-order valence-corrected chi connectivity index (χ3v) is 7.99. The second-order valence-corrected chi connectivity index (χ2v) is 11.3. The second kappa shape index (κ2) is 22.4. The highest BCUT2D eigenvalue weighted by Crippen LogP contribution is 2.27. The molecule has 0 saturated carbocycles. The van der Waals surface area contributed by atoms with Crippen LogP contribution in [0.5, 0.6) is 0 Å². The smallest absolute Gasteiger partial charge is 0.0535 e. The van der Waals surface area contributed by atoms with Crippen LogP contribution in [0, 0.1) is 0 Å². The van der Waals surface area contributed by atoms with Crippen molar-refractivity contribution < 1.29 is 4.74 Å². The van der Waals surface area contributed by atoms with E-state index in [1.165, 1.54) is 127 Å². The van der Waals surface area contributed by atoms with Gasteiger partial charge >= 0.3 is 0 Å². The van der Waals surface area contributed by atoms with Gasteiger partial charge in [-0.3, -0.25) is 0 Å². The molecule has 2 atom stereocenters. The van der Waals surface area contributed by atoms with Crippen molar-refractivity contribution in [1.82, 2.24) is 0 Å². The Balaban J connectivity index is 1.77. The van der Waals surface area contributed by atoms with Crippen molar-refractivity contribution in [2.45, 2.75) is 141 Å². The average Bonchev–Trinajstić information content (AvgIpc) is 2.94. The Kier molecular flexibility index (Phi) is 19.1. The van der Waals surface area contributed by atoms with Crippen LogP contribution in [0.2, 0.25) is 0 Å². The van der Waals surface area contributed by atoms with Gasteiger partial charge in [0.2, 0.25) is 0 Å². The highest BCUT2D eigenvalue weighted by Gasteiger charge is 2.15. The number of ether oxygens (including phenoxy) is 1. The minimum absolute atomic E-state index is 0.515. The number of hydrogen-bond donors (Lipinski definition) is 0. The normalized spacial score (nSPS) is 13.0. The Bertz CT molecular complexity index is 661. The van der Waals surface area contributed by atoms with Gasteiger partial charge in [0.25, 0.3) is 0 Å². The summed E-state index contributed by atoms with van der Waals surface area (Å²) in [6.45, 7) is 6.29. The van der Waals surface area contributed by atoms with E-state index in [1.54, 1.807) is 0 Å². The Morgan fingerprint density at radius 3 is 1.11 bits per heavy atom. The van der Waals surface area contributed by atoms with Crippen LogP contribution in [-0.4, -0.2) is 13.2 Å². The van der Waals surface area contributed by atoms with Gasteiger partial charge in [0, 0.05) is 11.8 Å². The molecule has 1 heteroatoms. The van der Waals surface area contributed by atoms with E-state index in [0.717, 1.165) is 13.2 Å². The molecule has 2 rings (SSSR count). The summed E-state index contributed by atoms with van der Waals surface area (Å²) in [6, 6.07) is 22.2. The molecule has 0 saturated heterocycles. The maximum atomic E-state index is 6.51. The molecule has 2 aromatic carbocycles. The molecule has 208 valence electrons. The fourth-order valence-electron chi connectivity index (χ4n) is 5.54. The van der Waals surface area contributed by atoms with Gasteiger partial charge in [-0.25, -0.2) is 0 Å². The highest BCUT2D eigenvalue weighted by molar-refractivity contribution is 5.20. The molecule has 0 amide bonds. The summed E-state index contributed by atoms with van der Waals surface area (Å²) in [6.07, 6.45) is 24.6. The Hall–Kier alpha value is -1.60. The summed E-state index contributed by atoms with van der Waals surface area (Å²) < 4.78 is 6.51. The van der Waals surface area contributed by atoms with E-state index < -0.39 is 0 Å². The van der Waals surface area contributed by atoms with E-state index in [9.17, 15) is 0 Å². The number of rotatable bonds is 24. The number of hydrogen-bond acceptors (Lipinski definition) is 1. The van der Waals surface area contributed by atoms with Gasteiger partial charge in [-0.05, 0) is 24.0 Å². The summed E-state index contributed by atoms with van der Waals surface area (Å²) in [5.41, 5.74) is 2.90. The monoisotopic (exact) mass is 506 g/mol. The molecule has 37 heavy (non-hydrogen) atoms. The van der Waals surface area contributed by atoms with E-state index in [-0.39, 0.29) is 0 Å². The zero-order valence-electron chi connectivity index (χ0n) is 24.5. The first-order valence-corrected chi connectivity index (χ1v) is 16.0. The third kappa shape index (κ3) is 15.4. The molecule has 0 aliphatic rings. The van der Waals surface area contributed by atoms with Crippen molar-refractivity contribution in [1.29, 1.82) is 0 Å². The van der Waals surface area contributed by atoms with Gasteiger partial charge in [0.1, 0.15) is 0 Å². The maximum absolute atomic E-state index is 6.51.